The molecule has 2 atom stereocenters. The zero-order chi connectivity index (χ0) is 17.9. The van der Waals surface area contributed by atoms with E-state index < -0.39 is 17.2 Å². The van der Waals surface area contributed by atoms with Gasteiger partial charge in [0.25, 0.3) is 0 Å². The third-order valence-electron chi connectivity index (χ3n) is 4.27. The molecule has 2 N–H and O–H groups in total. The number of hydrogen-bond acceptors (Lipinski definition) is 3. The highest BCUT2D eigenvalue weighted by molar-refractivity contribution is 5.69. The molecule has 134 valence electrons. The van der Waals surface area contributed by atoms with Crippen molar-refractivity contribution in [1.82, 2.24) is 4.90 Å². The Morgan fingerprint density at radius 2 is 2.04 bits per heavy atom. The van der Waals surface area contributed by atoms with Crippen molar-refractivity contribution >= 4 is 6.09 Å². The Hall–Kier alpha value is -1.69. The highest BCUT2D eigenvalue weighted by atomic mass is 19.2. The van der Waals surface area contributed by atoms with Gasteiger partial charge in [-0.15, -0.1) is 0 Å². The van der Waals surface area contributed by atoms with E-state index in [1.165, 1.54) is 12.1 Å². The Kier molecular flexibility index (Phi) is 5.80. The molecule has 2 unspecified atom stereocenters. The summed E-state index contributed by atoms with van der Waals surface area (Å²) in [4.78, 5) is 14.2. The van der Waals surface area contributed by atoms with Crippen LogP contribution in [0.5, 0.6) is 0 Å². The van der Waals surface area contributed by atoms with Crippen LogP contribution in [0.1, 0.15) is 51.5 Å². The Bertz CT molecular complexity index is 587. The van der Waals surface area contributed by atoms with Crippen molar-refractivity contribution in [2.24, 2.45) is 5.73 Å². The van der Waals surface area contributed by atoms with Crippen LogP contribution in [0.4, 0.5) is 13.6 Å². The smallest absolute Gasteiger partial charge is 0.410 e. The number of nitrogens with two attached hydrogens (primary N) is 1. The van der Waals surface area contributed by atoms with Gasteiger partial charge < -0.3 is 15.4 Å². The average molecular weight is 340 g/mol. The van der Waals surface area contributed by atoms with Gasteiger partial charge in [-0.3, -0.25) is 0 Å². The molecule has 1 fully saturated rings. The topological polar surface area (TPSA) is 55.6 Å². The number of carbonyl (C=O) groups is 1. The van der Waals surface area contributed by atoms with Crippen molar-refractivity contribution in [1.29, 1.82) is 0 Å². The van der Waals surface area contributed by atoms with Gasteiger partial charge in [0.1, 0.15) is 5.60 Å². The van der Waals surface area contributed by atoms with Crippen molar-refractivity contribution in [3.05, 3.63) is 35.4 Å². The summed E-state index contributed by atoms with van der Waals surface area (Å²) in [6.07, 6.45) is 2.24. The predicted molar refractivity (Wildman–Crippen MR) is 88.7 cm³/mol. The maximum absolute atomic E-state index is 13.6. The van der Waals surface area contributed by atoms with Crippen LogP contribution in [-0.2, 0) is 4.74 Å². The average Bonchev–Trinajstić information content (AvgIpc) is 2.50. The molecule has 1 aliphatic heterocycles. The van der Waals surface area contributed by atoms with Crippen LogP contribution in [-0.4, -0.2) is 35.7 Å². The minimum Gasteiger partial charge on any atom is -0.444 e. The lowest BCUT2D eigenvalue weighted by molar-refractivity contribution is 0.00663. The van der Waals surface area contributed by atoms with Gasteiger partial charge in [-0.05, 0) is 57.7 Å². The number of halogens is 2. The number of benzene rings is 1. The molecule has 1 amide bonds. The second-order valence-electron chi connectivity index (χ2n) is 7.25. The minimum atomic E-state index is -0.898. The van der Waals surface area contributed by atoms with Crippen molar-refractivity contribution in [2.75, 3.05) is 13.1 Å². The summed E-state index contributed by atoms with van der Waals surface area (Å²) in [5.41, 5.74) is 5.94. The van der Waals surface area contributed by atoms with E-state index in [4.69, 9.17) is 10.5 Å². The summed E-state index contributed by atoms with van der Waals surface area (Å²) in [5.74, 6) is -2.04. The van der Waals surface area contributed by atoms with Crippen LogP contribution in [0.2, 0.25) is 0 Å². The lowest BCUT2D eigenvalue weighted by Gasteiger charge is -2.40. The van der Waals surface area contributed by atoms with Crippen LogP contribution in [0.3, 0.4) is 0 Å². The third-order valence-corrected chi connectivity index (χ3v) is 4.27. The Balaban J connectivity index is 2.26. The van der Waals surface area contributed by atoms with E-state index in [-0.39, 0.29) is 24.6 Å². The van der Waals surface area contributed by atoms with E-state index in [1.807, 2.05) is 20.8 Å². The highest BCUT2D eigenvalue weighted by Gasteiger charge is 2.35. The first-order chi connectivity index (χ1) is 11.2. The fraction of sp³-hybridized carbons (Fsp3) is 0.611. The fourth-order valence-corrected chi connectivity index (χ4v) is 3.18. The fourth-order valence-electron chi connectivity index (χ4n) is 3.18. The Labute approximate surface area is 142 Å². The number of ether oxygens (including phenoxy) is 1. The number of hydrogen-bond donors (Lipinski definition) is 1. The van der Waals surface area contributed by atoms with E-state index in [9.17, 15) is 13.6 Å². The largest absolute Gasteiger partial charge is 0.444 e. The van der Waals surface area contributed by atoms with E-state index in [1.54, 1.807) is 4.90 Å². The van der Waals surface area contributed by atoms with Gasteiger partial charge in [0, 0.05) is 25.0 Å². The molecule has 0 bridgehead atoms. The third kappa shape index (κ3) is 4.44. The molecule has 1 aliphatic rings. The standard InChI is InChI=1S/C18H26F2N2O2/c1-18(2,3)24-17(23)22-9-5-4-6-16(22)13(11-21)12-7-8-14(19)15(20)10-12/h7-8,10,13,16H,4-6,9,11,21H2,1-3H3. The van der Waals surface area contributed by atoms with Gasteiger partial charge in [0.2, 0.25) is 0 Å². The van der Waals surface area contributed by atoms with Crippen molar-refractivity contribution in [3.8, 4) is 0 Å². The second-order valence-corrected chi connectivity index (χ2v) is 7.25. The molecule has 0 aliphatic carbocycles. The van der Waals surface area contributed by atoms with Gasteiger partial charge in [-0.1, -0.05) is 6.07 Å². The van der Waals surface area contributed by atoms with Crippen molar-refractivity contribution in [3.63, 3.8) is 0 Å². The zero-order valence-corrected chi connectivity index (χ0v) is 14.5. The van der Waals surface area contributed by atoms with Gasteiger partial charge in [0.15, 0.2) is 11.6 Å². The molecular formula is C18H26F2N2O2. The summed E-state index contributed by atoms with van der Waals surface area (Å²) >= 11 is 0. The molecule has 0 aromatic heterocycles. The normalized spacial score (nSPS) is 19.9. The first kappa shape index (κ1) is 18.6. The highest BCUT2D eigenvalue weighted by Crippen LogP contribution is 2.31. The summed E-state index contributed by atoms with van der Waals surface area (Å²) in [7, 11) is 0. The number of carbonyl (C=O) groups excluding carboxylic acids is 1. The van der Waals surface area contributed by atoms with Crippen LogP contribution in [0.25, 0.3) is 0 Å². The number of likely N-dealkylation sites (tertiary alicyclic amines) is 1. The van der Waals surface area contributed by atoms with Crippen LogP contribution in [0, 0.1) is 11.6 Å². The monoisotopic (exact) mass is 340 g/mol. The number of nitrogens with zero attached hydrogens (tertiary/aromatic N) is 1. The summed E-state index contributed by atoms with van der Waals surface area (Å²) in [6.45, 7) is 6.29. The molecule has 0 saturated carbocycles. The lowest BCUT2D eigenvalue weighted by Crippen LogP contribution is -2.50. The van der Waals surface area contributed by atoms with Gasteiger partial charge in [-0.2, -0.15) is 0 Å². The molecule has 24 heavy (non-hydrogen) atoms. The molecule has 1 saturated heterocycles. The lowest BCUT2D eigenvalue weighted by atomic mass is 9.85. The van der Waals surface area contributed by atoms with Crippen LogP contribution >= 0.6 is 0 Å². The van der Waals surface area contributed by atoms with E-state index >= 15 is 0 Å². The van der Waals surface area contributed by atoms with Gasteiger partial charge >= 0.3 is 6.09 Å². The minimum absolute atomic E-state index is 0.177. The molecule has 1 heterocycles. The molecule has 0 radical (unpaired) electrons. The SMILES string of the molecule is CC(C)(C)OC(=O)N1CCCCC1C(CN)c1ccc(F)c(F)c1. The van der Waals surface area contributed by atoms with Gasteiger partial charge in [0.05, 0.1) is 0 Å². The molecule has 4 nitrogen and oxygen atoms in total. The van der Waals surface area contributed by atoms with E-state index in [0.717, 1.165) is 25.3 Å². The first-order valence-corrected chi connectivity index (χ1v) is 8.37. The van der Waals surface area contributed by atoms with Gasteiger partial charge in [-0.25, -0.2) is 13.6 Å². The Morgan fingerprint density at radius 1 is 1.33 bits per heavy atom. The van der Waals surface area contributed by atoms with Crippen molar-refractivity contribution in [2.45, 2.75) is 57.6 Å². The van der Waals surface area contributed by atoms with Crippen LogP contribution < -0.4 is 5.73 Å². The number of amides is 1. The van der Waals surface area contributed by atoms with Crippen LogP contribution in [0.15, 0.2) is 18.2 Å². The number of rotatable bonds is 3. The number of piperidine rings is 1. The maximum Gasteiger partial charge on any atom is 0.410 e. The quantitative estimate of drug-likeness (QED) is 0.911. The molecule has 6 heteroatoms. The Morgan fingerprint density at radius 3 is 2.62 bits per heavy atom. The zero-order valence-electron chi connectivity index (χ0n) is 14.5. The molecule has 1 aromatic carbocycles. The first-order valence-electron chi connectivity index (χ1n) is 8.37. The summed E-state index contributed by atoms with van der Waals surface area (Å²) in [6, 6.07) is 3.64. The maximum atomic E-state index is 13.6. The molecular weight excluding hydrogens is 314 g/mol. The molecule has 1 aromatic rings. The van der Waals surface area contributed by atoms with E-state index in [2.05, 4.69) is 0 Å². The molecule has 0 spiro atoms. The molecule has 2 rings (SSSR count). The predicted octanol–water partition coefficient (Wildman–Crippen LogP) is 3.80. The second kappa shape index (κ2) is 7.47. The summed E-state index contributed by atoms with van der Waals surface area (Å²) in [5, 5.41) is 0. The van der Waals surface area contributed by atoms with E-state index in [0.29, 0.717) is 12.1 Å². The van der Waals surface area contributed by atoms with Crippen molar-refractivity contribution < 1.29 is 18.3 Å². The summed E-state index contributed by atoms with van der Waals surface area (Å²) < 4.78 is 32.3.